The van der Waals surface area contributed by atoms with Crippen molar-refractivity contribution in [2.45, 2.75) is 6.92 Å². The van der Waals surface area contributed by atoms with E-state index in [4.69, 9.17) is 12.2 Å². The molecular weight excluding hydrogens is 380 g/mol. The number of amides is 1. The van der Waals surface area contributed by atoms with Crippen LogP contribution in [-0.4, -0.2) is 31.7 Å². The summed E-state index contributed by atoms with van der Waals surface area (Å²) in [6.07, 6.45) is 1.40. The van der Waals surface area contributed by atoms with Crippen molar-refractivity contribution in [3.8, 4) is 5.75 Å². The van der Waals surface area contributed by atoms with Crippen molar-refractivity contribution in [1.82, 2.24) is 4.90 Å². The molecule has 110 valence electrons. The third kappa shape index (κ3) is 3.09. The number of carbonyl (C=O) groups is 1. The van der Waals surface area contributed by atoms with Gasteiger partial charge in [0.15, 0.2) is 0 Å². The van der Waals surface area contributed by atoms with Crippen molar-refractivity contribution in [3.05, 3.63) is 37.2 Å². The maximum absolute atomic E-state index is 12.1. The summed E-state index contributed by atoms with van der Waals surface area (Å²) >= 11 is 9.33. The van der Waals surface area contributed by atoms with E-state index >= 15 is 0 Å². The third-order valence-corrected chi connectivity index (χ3v) is 4.59. The van der Waals surface area contributed by atoms with E-state index in [0.29, 0.717) is 20.2 Å². The lowest BCUT2D eigenvalue weighted by atomic mass is 10.1. The number of phenolic OH excluding ortho intramolecular Hbond substituents is 1. The number of thioether (sulfide) groups is 1. The summed E-state index contributed by atoms with van der Waals surface area (Å²) in [6, 6.07) is 2.70. The minimum absolute atomic E-state index is 0.188. The normalized spacial score (nSPS) is 16.9. The van der Waals surface area contributed by atoms with Gasteiger partial charge in [-0.05, 0) is 19.1 Å². The molecule has 1 aromatic carbocycles. The number of benzene rings is 1. The number of hydrogen-bond acceptors (Lipinski definition) is 6. The van der Waals surface area contributed by atoms with E-state index in [2.05, 4.69) is 15.9 Å². The molecule has 6 nitrogen and oxygen atoms in total. The molecular formula is C12H9BrN2O4S2. The second kappa shape index (κ2) is 6.12. The van der Waals surface area contributed by atoms with E-state index in [1.165, 1.54) is 23.1 Å². The number of carbonyl (C=O) groups excluding carboxylic acids is 1. The summed E-state index contributed by atoms with van der Waals surface area (Å²) in [5.74, 6) is -0.750. The van der Waals surface area contributed by atoms with Crippen LogP contribution in [0.3, 0.4) is 0 Å². The van der Waals surface area contributed by atoms with Gasteiger partial charge in [0.2, 0.25) is 5.75 Å². The molecule has 0 unspecified atom stereocenters. The average Bonchev–Trinajstić information content (AvgIpc) is 2.67. The maximum Gasteiger partial charge on any atom is 0.312 e. The predicted molar refractivity (Wildman–Crippen MR) is 88.0 cm³/mol. The second-order valence-corrected chi connectivity index (χ2v) is 6.64. The molecule has 1 aliphatic rings. The molecule has 0 radical (unpaired) electrons. The van der Waals surface area contributed by atoms with Gasteiger partial charge < -0.3 is 5.11 Å². The first kappa shape index (κ1) is 15.9. The molecule has 1 fully saturated rings. The first-order chi connectivity index (χ1) is 9.85. The molecule has 2 rings (SSSR count). The molecule has 0 aliphatic carbocycles. The molecule has 9 heteroatoms. The van der Waals surface area contributed by atoms with Gasteiger partial charge in [-0.15, -0.1) is 0 Å². The Morgan fingerprint density at radius 2 is 2.24 bits per heavy atom. The molecule has 0 aromatic heterocycles. The van der Waals surface area contributed by atoms with Crippen molar-refractivity contribution in [1.29, 1.82) is 0 Å². The van der Waals surface area contributed by atoms with Crippen molar-refractivity contribution >= 4 is 61.9 Å². The fraction of sp³-hybridized carbons (Fsp3) is 0.167. The van der Waals surface area contributed by atoms with Gasteiger partial charge in [0, 0.05) is 22.6 Å². The summed E-state index contributed by atoms with van der Waals surface area (Å²) in [4.78, 5) is 24.0. The number of likely N-dealkylation sites (N-methyl/N-ethyl adjacent to an activating group) is 1. The number of aromatic hydroxyl groups is 1. The van der Waals surface area contributed by atoms with Crippen LogP contribution in [0.25, 0.3) is 6.08 Å². The number of nitro groups is 1. The van der Waals surface area contributed by atoms with Gasteiger partial charge in [0.1, 0.15) is 4.32 Å². The average molecular weight is 389 g/mol. The zero-order valence-corrected chi connectivity index (χ0v) is 13.9. The Morgan fingerprint density at radius 1 is 1.57 bits per heavy atom. The number of thiocarbonyl (C=S) groups is 1. The zero-order chi connectivity index (χ0) is 15.7. The first-order valence-electron chi connectivity index (χ1n) is 5.77. The molecule has 1 N–H and O–H groups in total. The Morgan fingerprint density at radius 3 is 2.76 bits per heavy atom. The summed E-state index contributed by atoms with van der Waals surface area (Å²) in [7, 11) is 0. The quantitative estimate of drug-likeness (QED) is 0.370. The molecule has 0 atom stereocenters. The van der Waals surface area contributed by atoms with Crippen LogP contribution in [0.15, 0.2) is 21.5 Å². The van der Waals surface area contributed by atoms with Crippen LogP contribution >= 0.6 is 39.9 Å². The highest BCUT2D eigenvalue weighted by molar-refractivity contribution is 9.10. The summed E-state index contributed by atoms with van der Waals surface area (Å²) < 4.78 is 0.863. The Bertz CT molecular complexity index is 690. The number of nitro benzene ring substituents is 1. The van der Waals surface area contributed by atoms with Gasteiger partial charge in [-0.25, -0.2) is 0 Å². The van der Waals surface area contributed by atoms with Crippen molar-refractivity contribution in [3.63, 3.8) is 0 Å². The lowest BCUT2D eigenvalue weighted by Crippen LogP contribution is -2.27. The number of hydrogen-bond donors (Lipinski definition) is 1. The van der Waals surface area contributed by atoms with Gasteiger partial charge >= 0.3 is 5.69 Å². The summed E-state index contributed by atoms with van der Waals surface area (Å²) in [5.41, 5.74) is -0.241. The summed E-state index contributed by atoms with van der Waals surface area (Å²) in [6.45, 7) is 2.25. The second-order valence-electron chi connectivity index (χ2n) is 4.05. The highest BCUT2D eigenvalue weighted by atomic mass is 79.9. The molecule has 1 aliphatic heterocycles. The zero-order valence-electron chi connectivity index (χ0n) is 10.7. The molecule has 1 saturated heterocycles. The lowest BCUT2D eigenvalue weighted by molar-refractivity contribution is -0.385. The maximum atomic E-state index is 12.1. The van der Waals surface area contributed by atoms with Crippen LogP contribution in [0.2, 0.25) is 0 Å². The Labute approximate surface area is 138 Å². The summed E-state index contributed by atoms with van der Waals surface area (Å²) in [5, 5.41) is 20.8. The molecule has 1 amide bonds. The van der Waals surface area contributed by atoms with Gasteiger partial charge in [-0.1, -0.05) is 39.9 Å². The molecule has 1 heterocycles. The smallest absolute Gasteiger partial charge is 0.312 e. The largest absolute Gasteiger partial charge is 0.502 e. The Balaban J connectivity index is 2.49. The van der Waals surface area contributed by atoms with Crippen molar-refractivity contribution in [2.24, 2.45) is 0 Å². The number of nitrogens with zero attached hydrogens (tertiary/aromatic N) is 2. The molecule has 21 heavy (non-hydrogen) atoms. The van der Waals surface area contributed by atoms with E-state index < -0.39 is 16.4 Å². The third-order valence-electron chi connectivity index (χ3n) is 2.76. The van der Waals surface area contributed by atoms with Crippen molar-refractivity contribution < 1.29 is 14.8 Å². The minimum atomic E-state index is -0.686. The van der Waals surface area contributed by atoms with Gasteiger partial charge in [0.05, 0.1) is 9.83 Å². The van der Waals surface area contributed by atoms with Gasteiger partial charge in [-0.2, -0.15) is 0 Å². The van der Waals surface area contributed by atoms with Crippen LogP contribution in [0, 0.1) is 10.1 Å². The molecule has 0 saturated carbocycles. The SMILES string of the molecule is CCN1C(=O)/C(=C/c2cc(Br)cc([N+](=O)[O-])c2O)SC1=S. The van der Waals surface area contributed by atoms with Gasteiger partial charge in [0.25, 0.3) is 5.91 Å². The number of rotatable bonds is 3. The topological polar surface area (TPSA) is 83.7 Å². The van der Waals surface area contributed by atoms with Crippen LogP contribution < -0.4 is 0 Å². The van der Waals surface area contributed by atoms with Crippen LogP contribution in [-0.2, 0) is 4.79 Å². The van der Waals surface area contributed by atoms with E-state index in [9.17, 15) is 20.0 Å². The monoisotopic (exact) mass is 388 g/mol. The van der Waals surface area contributed by atoms with Crippen LogP contribution in [0.5, 0.6) is 5.75 Å². The van der Waals surface area contributed by atoms with Crippen LogP contribution in [0.1, 0.15) is 12.5 Å². The Hall–Kier alpha value is -1.45. The van der Waals surface area contributed by atoms with E-state index in [0.717, 1.165) is 11.8 Å². The predicted octanol–water partition coefficient (Wildman–Crippen LogP) is 3.28. The van der Waals surface area contributed by atoms with E-state index in [1.807, 2.05) is 0 Å². The fourth-order valence-corrected chi connectivity index (χ4v) is 3.61. The standard InChI is InChI=1S/C12H9BrN2O4S2/c1-2-14-11(17)9(21-12(14)20)4-6-3-7(13)5-8(10(6)16)15(18)19/h3-5,16H,2H2,1H3/b9-4-. The fourth-order valence-electron chi connectivity index (χ4n) is 1.77. The van der Waals surface area contributed by atoms with E-state index in [-0.39, 0.29) is 11.5 Å². The van der Waals surface area contributed by atoms with Crippen LogP contribution in [0.4, 0.5) is 5.69 Å². The van der Waals surface area contributed by atoms with E-state index in [1.54, 1.807) is 6.92 Å². The highest BCUT2D eigenvalue weighted by Gasteiger charge is 2.31. The van der Waals surface area contributed by atoms with Crippen molar-refractivity contribution in [2.75, 3.05) is 6.54 Å². The minimum Gasteiger partial charge on any atom is -0.502 e. The molecule has 1 aromatic rings. The Kier molecular flexibility index (Phi) is 4.64. The number of halogens is 1. The first-order valence-corrected chi connectivity index (χ1v) is 7.79. The lowest BCUT2D eigenvalue weighted by Gasteiger charge is -2.09. The molecule has 0 spiro atoms. The van der Waals surface area contributed by atoms with Gasteiger partial charge in [-0.3, -0.25) is 19.8 Å². The highest BCUT2D eigenvalue weighted by Crippen LogP contribution is 2.38. The number of phenols is 1. The molecule has 0 bridgehead atoms.